The van der Waals surface area contributed by atoms with E-state index < -0.39 is 0 Å². The normalized spacial score (nSPS) is 13.9. The number of carbonyl (C=O) groups is 1. The summed E-state index contributed by atoms with van der Waals surface area (Å²) in [6, 6.07) is 20.0. The van der Waals surface area contributed by atoms with Crippen LogP contribution in [-0.4, -0.2) is 46.5 Å². The molecule has 1 amide bonds. The van der Waals surface area contributed by atoms with E-state index in [1.807, 2.05) is 70.8 Å². The van der Waals surface area contributed by atoms with Crippen molar-refractivity contribution < 1.29 is 9.53 Å². The molecular weight excluding hydrogens is 402 g/mol. The van der Waals surface area contributed by atoms with Gasteiger partial charge in [-0.05, 0) is 48.4 Å². The van der Waals surface area contributed by atoms with Gasteiger partial charge in [-0.2, -0.15) is 5.26 Å². The fourth-order valence-electron chi connectivity index (χ4n) is 4.14. The van der Waals surface area contributed by atoms with Crippen molar-refractivity contribution in [2.24, 2.45) is 0 Å². The summed E-state index contributed by atoms with van der Waals surface area (Å²) >= 11 is 0. The van der Waals surface area contributed by atoms with Gasteiger partial charge in [-0.1, -0.05) is 24.3 Å². The summed E-state index contributed by atoms with van der Waals surface area (Å²) in [6.45, 7) is 4.45. The second kappa shape index (κ2) is 8.33. The highest BCUT2D eigenvalue weighted by Gasteiger charge is 2.17. The molecule has 5 rings (SSSR count). The molecule has 1 aliphatic rings. The Hall–Kier alpha value is -3.89. The van der Waals surface area contributed by atoms with E-state index in [-0.39, 0.29) is 5.91 Å². The van der Waals surface area contributed by atoms with Gasteiger partial charge in [0.2, 0.25) is 5.91 Å². The number of imidazole rings is 1. The highest BCUT2D eigenvalue weighted by molar-refractivity contribution is 5.86. The first-order chi connectivity index (χ1) is 15.6. The van der Waals surface area contributed by atoms with Crippen LogP contribution in [0.5, 0.6) is 0 Å². The number of fused-ring (bicyclic) bond motifs is 3. The van der Waals surface area contributed by atoms with Crippen molar-refractivity contribution in [3.05, 3.63) is 71.3 Å². The maximum absolute atomic E-state index is 12.5. The summed E-state index contributed by atoms with van der Waals surface area (Å²) in [7, 11) is 0. The zero-order chi connectivity index (χ0) is 22.1. The van der Waals surface area contributed by atoms with E-state index >= 15 is 0 Å². The van der Waals surface area contributed by atoms with Crippen LogP contribution < -0.4 is 5.32 Å². The molecule has 0 radical (unpaired) electrons. The van der Waals surface area contributed by atoms with E-state index in [4.69, 9.17) is 4.74 Å². The lowest BCUT2D eigenvalue weighted by atomic mass is 10.1. The van der Waals surface area contributed by atoms with Gasteiger partial charge in [0, 0.05) is 18.8 Å². The molecule has 0 saturated carbocycles. The first kappa shape index (κ1) is 20.0. The fraction of sp³-hybridized carbons (Fsp3) is 0.240. The summed E-state index contributed by atoms with van der Waals surface area (Å²) in [5.74, 6) is 0.964. The van der Waals surface area contributed by atoms with Gasteiger partial charge in [0.05, 0.1) is 36.2 Å². The minimum Gasteiger partial charge on any atom is -0.378 e. The van der Waals surface area contributed by atoms with Crippen molar-refractivity contribution in [2.75, 3.05) is 31.6 Å². The SMILES string of the molecule is Cc1cc(Nc2ccc(CC(=O)N3CCOCC3)cc2)n2c(nc3ccccc32)c1C#N. The quantitative estimate of drug-likeness (QED) is 0.538. The molecule has 2 aromatic heterocycles. The predicted molar refractivity (Wildman–Crippen MR) is 123 cm³/mol. The van der Waals surface area contributed by atoms with Gasteiger partial charge in [0.1, 0.15) is 11.9 Å². The first-order valence-electron chi connectivity index (χ1n) is 10.7. The largest absolute Gasteiger partial charge is 0.378 e. The summed E-state index contributed by atoms with van der Waals surface area (Å²) in [5, 5.41) is 13.1. The van der Waals surface area contributed by atoms with Crippen LogP contribution in [0.3, 0.4) is 0 Å². The van der Waals surface area contributed by atoms with Crippen molar-refractivity contribution in [1.29, 1.82) is 5.26 Å². The number of rotatable bonds is 4. The number of hydrogen-bond acceptors (Lipinski definition) is 5. The first-order valence-corrected chi connectivity index (χ1v) is 10.7. The van der Waals surface area contributed by atoms with Crippen LogP contribution in [0.2, 0.25) is 0 Å². The maximum atomic E-state index is 12.5. The van der Waals surface area contributed by atoms with Gasteiger partial charge < -0.3 is 15.0 Å². The van der Waals surface area contributed by atoms with E-state index in [2.05, 4.69) is 16.4 Å². The number of amides is 1. The molecule has 1 aliphatic heterocycles. The van der Waals surface area contributed by atoms with E-state index in [0.717, 1.165) is 33.7 Å². The topological polar surface area (TPSA) is 82.7 Å². The maximum Gasteiger partial charge on any atom is 0.227 e. The van der Waals surface area contributed by atoms with Crippen molar-refractivity contribution in [2.45, 2.75) is 13.3 Å². The number of anilines is 2. The standard InChI is InChI=1S/C25H23N5O2/c1-17-14-23(30-22-5-3-2-4-21(22)28-25(30)20(17)16-26)27-19-8-6-18(7-9-19)15-24(31)29-10-12-32-13-11-29/h2-9,14,27H,10-13,15H2,1H3. The Kier molecular flexibility index (Phi) is 5.21. The molecule has 7 nitrogen and oxygen atoms in total. The van der Waals surface area contributed by atoms with Crippen molar-refractivity contribution in [3.63, 3.8) is 0 Å². The Bertz CT molecular complexity index is 1350. The van der Waals surface area contributed by atoms with E-state index in [1.54, 1.807) is 0 Å². The number of carbonyl (C=O) groups excluding carboxylic acids is 1. The molecule has 0 aliphatic carbocycles. The molecule has 0 bridgehead atoms. The molecule has 32 heavy (non-hydrogen) atoms. The van der Waals surface area contributed by atoms with Crippen LogP contribution >= 0.6 is 0 Å². The second-order valence-corrected chi connectivity index (χ2v) is 7.95. The van der Waals surface area contributed by atoms with Gasteiger partial charge in [0.15, 0.2) is 5.65 Å². The zero-order valence-corrected chi connectivity index (χ0v) is 17.8. The highest BCUT2D eigenvalue weighted by atomic mass is 16.5. The third kappa shape index (κ3) is 3.66. The minimum absolute atomic E-state index is 0.128. The fourth-order valence-corrected chi connectivity index (χ4v) is 4.14. The molecule has 1 saturated heterocycles. The van der Waals surface area contributed by atoms with Crippen LogP contribution in [0.25, 0.3) is 16.7 Å². The van der Waals surface area contributed by atoms with E-state index in [9.17, 15) is 10.1 Å². The van der Waals surface area contributed by atoms with Gasteiger partial charge in [-0.15, -0.1) is 0 Å². The third-order valence-corrected chi connectivity index (χ3v) is 5.83. The molecule has 0 unspecified atom stereocenters. The van der Waals surface area contributed by atoms with E-state index in [0.29, 0.717) is 43.9 Å². The molecule has 0 atom stereocenters. The average Bonchev–Trinajstić information content (AvgIpc) is 3.20. The van der Waals surface area contributed by atoms with Crippen molar-refractivity contribution in [1.82, 2.24) is 14.3 Å². The Morgan fingerprint density at radius 2 is 1.91 bits per heavy atom. The highest BCUT2D eigenvalue weighted by Crippen LogP contribution is 2.28. The summed E-state index contributed by atoms with van der Waals surface area (Å²) < 4.78 is 7.30. The number of para-hydroxylation sites is 2. The van der Waals surface area contributed by atoms with Crippen molar-refractivity contribution >= 4 is 34.1 Å². The molecule has 160 valence electrons. The Morgan fingerprint density at radius 3 is 2.66 bits per heavy atom. The molecule has 0 spiro atoms. The molecule has 7 heteroatoms. The van der Waals surface area contributed by atoms with Crippen molar-refractivity contribution in [3.8, 4) is 6.07 Å². The lowest BCUT2D eigenvalue weighted by Gasteiger charge is -2.26. The molecule has 4 aromatic rings. The van der Waals surface area contributed by atoms with Crippen LogP contribution in [0, 0.1) is 18.3 Å². The van der Waals surface area contributed by atoms with Gasteiger partial charge >= 0.3 is 0 Å². The van der Waals surface area contributed by atoms with Crippen LogP contribution in [-0.2, 0) is 16.0 Å². The average molecular weight is 425 g/mol. The summed E-state index contributed by atoms with van der Waals surface area (Å²) in [6.07, 6.45) is 0.382. The monoisotopic (exact) mass is 425 g/mol. The Labute approximate surface area is 185 Å². The number of aromatic nitrogens is 2. The van der Waals surface area contributed by atoms with Crippen LogP contribution in [0.1, 0.15) is 16.7 Å². The Morgan fingerprint density at radius 1 is 1.16 bits per heavy atom. The van der Waals surface area contributed by atoms with Gasteiger partial charge in [-0.3, -0.25) is 9.20 Å². The summed E-state index contributed by atoms with van der Waals surface area (Å²) in [4.78, 5) is 19.0. The smallest absolute Gasteiger partial charge is 0.227 e. The molecule has 1 N–H and O–H groups in total. The third-order valence-electron chi connectivity index (χ3n) is 5.83. The lowest BCUT2D eigenvalue weighted by Crippen LogP contribution is -2.41. The number of aryl methyl sites for hydroxylation is 1. The van der Waals surface area contributed by atoms with Gasteiger partial charge in [-0.25, -0.2) is 4.98 Å². The number of pyridine rings is 1. The van der Waals surface area contributed by atoms with Crippen LogP contribution in [0.4, 0.5) is 11.5 Å². The number of nitrogens with one attached hydrogen (secondary N) is 1. The predicted octanol–water partition coefficient (Wildman–Crippen LogP) is 3.81. The number of ether oxygens (including phenoxy) is 1. The number of morpholine rings is 1. The minimum atomic E-state index is 0.128. The second-order valence-electron chi connectivity index (χ2n) is 7.95. The molecule has 1 fully saturated rings. The summed E-state index contributed by atoms with van der Waals surface area (Å²) in [5.41, 5.74) is 5.74. The number of hydrogen-bond donors (Lipinski definition) is 1. The molecule has 3 heterocycles. The zero-order valence-electron chi connectivity index (χ0n) is 17.8. The van der Waals surface area contributed by atoms with E-state index in [1.165, 1.54) is 0 Å². The molecule has 2 aromatic carbocycles. The van der Waals surface area contributed by atoms with Gasteiger partial charge in [0.25, 0.3) is 0 Å². The van der Waals surface area contributed by atoms with Crippen LogP contribution in [0.15, 0.2) is 54.6 Å². The molecular formula is C25H23N5O2. The lowest BCUT2D eigenvalue weighted by molar-refractivity contribution is -0.134. The number of nitrogens with zero attached hydrogens (tertiary/aromatic N) is 4. The number of nitriles is 1. The Balaban J connectivity index is 1.43. The number of benzene rings is 2.